The van der Waals surface area contributed by atoms with Crippen LogP contribution in [0.25, 0.3) is 0 Å². The maximum absolute atomic E-state index is 5.51. The Morgan fingerprint density at radius 1 is 1.29 bits per heavy atom. The summed E-state index contributed by atoms with van der Waals surface area (Å²) in [6.45, 7) is 1.27. The van der Waals surface area contributed by atoms with Gasteiger partial charge >= 0.3 is 0 Å². The largest absolute Gasteiger partial charge is 0.346 e. The van der Waals surface area contributed by atoms with Crippen molar-refractivity contribution < 1.29 is 0 Å². The highest BCUT2D eigenvalue weighted by Gasteiger charge is 1.97. The van der Waals surface area contributed by atoms with E-state index in [1.54, 1.807) is 12.4 Å². The van der Waals surface area contributed by atoms with E-state index in [-0.39, 0.29) is 0 Å². The summed E-state index contributed by atoms with van der Waals surface area (Å²) in [5.74, 6) is 0.812. The van der Waals surface area contributed by atoms with Crippen molar-refractivity contribution >= 4 is 0 Å². The molecule has 4 nitrogen and oxygen atoms in total. The maximum atomic E-state index is 5.51. The van der Waals surface area contributed by atoms with Gasteiger partial charge in [-0.05, 0) is 17.7 Å². The van der Waals surface area contributed by atoms with Crippen LogP contribution in [0, 0.1) is 0 Å². The summed E-state index contributed by atoms with van der Waals surface area (Å²) in [6.07, 6.45) is 7.49. The molecule has 0 aliphatic rings. The Hall–Kier alpha value is -1.68. The topological polar surface area (TPSA) is 56.7 Å². The predicted molar refractivity (Wildman–Crippen MR) is 53.5 cm³/mol. The molecule has 2 heterocycles. The lowest BCUT2D eigenvalue weighted by atomic mass is 10.3. The summed E-state index contributed by atoms with van der Waals surface area (Å²) in [7, 11) is 0. The van der Waals surface area contributed by atoms with Crippen LogP contribution in [0.5, 0.6) is 0 Å². The number of hydrogen-bond donors (Lipinski definition) is 1. The van der Waals surface area contributed by atoms with Crippen LogP contribution in [-0.4, -0.2) is 14.5 Å². The summed E-state index contributed by atoms with van der Waals surface area (Å²) < 4.78 is 2.03. The number of nitrogens with two attached hydrogens (primary N) is 1. The van der Waals surface area contributed by atoms with Crippen LogP contribution in [-0.2, 0) is 13.1 Å². The van der Waals surface area contributed by atoms with Crippen LogP contribution in [0.1, 0.15) is 11.4 Å². The molecule has 0 amide bonds. The molecule has 0 bridgehead atoms. The first kappa shape index (κ1) is 8.90. The molecular formula is C10H12N4. The molecule has 0 saturated heterocycles. The fourth-order valence-electron chi connectivity index (χ4n) is 1.28. The lowest BCUT2D eigenvalue weighted by molar-refractivity contribution is 0.746. The molecule has 0 radical (unpaired) electrons. The van der Waals surface area contributed by atoms with Crippen LogP contribution in [0.4, 0.5) is 0 Å². The van der Waals surface area contributed by atoms with Gasteiger partial charge in [0.2, 0.25) is 0 Å². The average Bonchev–Trinajstić information content (AvgIpc) is 2.67. The van der Waals surface area contributed by atoms with Crippen LogP contribution < -0.4 is 5.73 Å². The van der Waals surface area contributed by atoms with Gasteiger partial charge in [0.15, 0.2) is 0 Å². The van der Waals surface area contributed by atoms with E-state index in [0.717, 1.165) is 11.4 Å². The average molecular weight is 188 g/mol. The normalized spacial score (nSPS) is 10.4. The summed E-state index contributed by atoms with van der Waals surface area (Å²) >= 11 is 0. The Morgan fingerprint density at radius 3 is 2.71 bits per heavy atom. The first-order valence-corrected chi connectivity index (χ1v) is 4.49. The third kappa shape index (κ3) is 1.97. The van der Waals surface area contributed by atoms with Crippen molar-refractivity contribution in [1.29, 1.82) is 0 Å². The van der Waals surface area contributed by atoms with E-state index in [2.05, 4.69) is 9.97 Å². The number of hydrogen-bond acceptors (Lipinski definition) is 3. The van der Waals surface area contributed by atoms with Gasteiger partial charge in [0.1, 0.15) is 5.82 Å². The van der Waals surface area contributed by atoms with Gasteiger partial charge in [-0.15, -0.1) is 0 Å². The zero-order chi connectivity index (χ0) is 9.80. The van der Waals surface area contributed by atoms with E-state index in [1.165, 1.54) is 0 Å². The van der Waals surface area contributed by atoms with E-state index < -0.39 is 0 Å². The van der Waals surface area contributed by atoms with Crippen LogP contribution in [0.15, 0.2) is 36.9 Å². The highest BCUT2D eigenvalue weighted by atomic mass is 15.0. The first-order valence-electron chi connectivity index (χ1n) is 4.49. The monoisotopic (exact) mass is 188 g/mol. The Kier molecular flexibility index (Phi) is 2.55. The summed E-state index contributed by atoms with van der Waals surface area (Å²) in [6, 6.07) is 3.81. The van der Waals surface area contributed by atoms with Gasteiger partial charge in [0, 0.05) is 31.3 Å². The molecule has 0 atom stereocenters. The molecule has 0 aliphatic heterocycles. The standard InChI is InChI=1S/C10H12N4/c11-6-9-2-5-14(7-9)8-10-12-3-1-4-13-10/h1-5,7H,6,8,11H2. The number of rotatable bonds is 3. The van der Waals surface area contributed by atoms with Gasteiger partial charge < -0.3 is 10.3 Å². The molecule has 0 aliphatic carbocycles. The van der Waals surface area contributed by atoms with Gasteiger partial charge in [-0.25, -0.2) is 9.97 Å². The predicted octanol–water partition coefficient (Wildman–Crippen LogP) is 0.785. The van der Waals surface area contributed by atoms with Crippen LogP contribution in [0.2, 0.25) is 0 Å². The second-order valence-electron chi connectivity index (χ2n) is 3.06. The summed E-state index contributed by atoms with van der Waals surface area (Å²) in [5, 5.41) is 0. The highest BCUT2D eigenvalue weighted by molar-refractivity contribution is 5.10. The zero-order valence-electron chi connectivity index (χ0n) is 7.80. The Morgan fingerprint density at radius 2 is 2.07 bits per heavy atom. The summed E-state index contributed by atoms with van der Waals surface area (Å²) in [5.41, 5.74) is 6.64. The zero-order valence-corrected chi connectivity index (χ0v) is 7.80. The molecule has 14 heavy (non-hydrogen) atoms. The molecular weight excluding hydrogens is 176 g/mol. The lowest BCUT2D eigenvalue weighted by Gasteiger charge is -1.99. The highest BCUT2D eigenvalue weighted by Crippen LogP contribution is 2.01. The molecule has 0 aromatic carbocycles. The van der Waals surface area contributed by atoms with Crippen molar-refractivity contribution in [2.45, 2.75) is 13.1 Å². The van der Waals surface area contributed by atoms with Gasteiger partial charge in [-0.1, -0.05) is 0 Å². The molecule has 2 rings (SSSR count). The maximum Gasteiger partial charge on any atom is 0.147 e. The van der Waals surface area contributed by atoms with Crippen molar-refractivity contribution in [3.63, 3.8) is 0 Å². The fraction of sp³-hybridized carbons (Fsp3) is 0.200. The number of aromatic nitrogens is 3. The first-order chi connectivity index (χ1) is 6.88. The van der Waals surface area contributed by atoms with E-state index in [1.807, 2.05) is 29.1 Å². The molecule has 4 heteroatoms. The molecule has 0 saturated carbocycles. The third-order valence-electron chi connectivity index (χ3n) is 1.99. The van der Waals surface area contributed by atoms with Crippen molar-refractivity contribution in [3.8, 4) is 0 Å². The van der Waals surface area contributed by atoms with Crippen molar-refractivity contribution in [2.24, 2.45) is 5.73 Å². The van der Waals surface area contributed by atoms with Gasteiger partial charge in [-0.2, -0.15) is 0 Å². The molecule has 2 aromatic rings. The summed E-state index contributed by atoms with van der Waals surface area (Å²) in [4.78, 5) is 8.29. The van der Waals surface area contributed by atoms with E-state index >= 15 is 0 Å². The Balaban J connectivity index is 2.11. The van der Waals surface area contributed by atoms with Crippen LogP contribution >= 0.6 is 0 Å². The molecule has 0 spiro atoms. The second kappa shape index (κ2) is 4.02. The molecule has 0 fully saturated rings. The van der Waals surface area contributed by atoms with E-state index in [0.29, 0.717) is 13.1 Å². The van der Waals surface area contributed by atoms with E-state index in [9.17, 15) is 0 Å². The minimum absolute atomic E-state index is 0.572. The van der Waals surface area contributed by atoms with Gasteiger partial charge in [0.25, 0.3) is 0 Å². The fourth-order valence-corrected chi connectivity index (χ4v) is 1.28. The second-order valence-corrected chi connectivity index (χ2v) is 3.06. The SMILES string of the molecule is NCc1ccn(Cc2ncccn2)c1. The molecule has 72 valence electrons. The van der Waals surface area contributed by atoms with Gasteiger partial charge in [-0.3, -0.25) is 0 Å². The quantitative estimate of drug-likeness (QED) is 0.774. The third-order valence-corrected chi connectivity index (χ3v) is 1.99. The number of nitrogens with zero attached hydrogens (tertiary/aromatic N) is 3. The van der Waals surface area contributed by atoms with E-state index in [4.69, 9.17) is 5.73 Å². The van der Waals surface area contributed by atoms with Crippen molar-refractivity contribution in [1.82, 2.24) is 14.5 Å². The minimum Gasteiger partial charge on any atom is -0.346 e. The Labute approximate surface area is 82.4 Å². The molecule has 0 unspecified atom stereocenters. The van der Waals surface area contributed by atoms with Gasteiger partial charge in [0.05, 0.1) is 6.54 Å². The smallest absolute Gasteiger partial charge is 0.147 e. The van der Waals surface area contributed by atoms with Crippen molar-refractivity contribution in [2.75, 3.05) is 0 Å². The molecule has 2 N–H and O–H groups in total. The van der Waals surface area contributed by atoms with Crippen LogP contribution in [0.3, 0.4) is 0 Å². The lowest BCUT2D eigenvalue weighted by Crippen LogP contribution is -2.01. The Bertz CT molecular complexity index is 394. The van der Waals surface area contributed by atoms with Crippen molar-refractivity contribution in [3.05, 3.63) is 48.3 Å². The molecule has 2 aromatic heterocycles. The minimum atomic E-state index is 0.572.